The molecule has 0 spiro atoms. The lowest BCUT2D eigenvalue weighted by atomic mass is 10.1. The minimum absolute atomic E-state index is 0.0802. The first-order valence-corrected chi connectivity index (χ1v) is 5.83. The quantitative estimate of drug-likeness (QED) is 0.738. The van der Waals surface area contributed by atoms with Crippen molar-refractivity contribution in [2.45, 2.75) is 19.4 Å². The Morgan fingerprint density at radius 1 is 1.38 bits per heavy atom. The molecular weight excluding hydrogens is 226 g/mol. The molecule has 1 fully saturated rings. The van der Waals surface area contributed by atoms with E-state index in [9.17, 15) is 5.11 Å². The fourth-order valence-corrected chi connectivity index (χ4v) is 1.98. The molecule has 3 N–H and O–H groups in total. The topological polar surface area (TPSA) is 52.5 Å². The molecule has 0 heterocycles. The zero-order valence-corrected chi connectivity index (χ0v) is 9.80. The third kappa shape index (κ3) is 2.48. The molecule has 1 aromatic rings. The number of aromatic hydroxyl groups is 1. The summed E-state index contributed by atoms with van der Waals surface area (Å²) in [4.78, 5) is 0. The molecule has 88 valence electrons. The number of rotatable bonds is 5. The number of halogens is 1. The molecule has 4 heteroatoms. The Hall–Kier alpha value is -0.770. The Bertz CT molecular complexity index is 357. The first kappa shape index (κ1) is 11.7. The van der Waals surface area contributed by atoms with E-state index >= 15 is 0 Å². The Morgan fingerprint density at radius 2 is 2.12 bits per heavy atom. The summed E-state index contributed by atoms with van der Waals surface area (Å²) in [7, 11) is 0. The van der Waals surface area contributed by atoms with Gasteiger partial charge in [-0.15, -0.1) is 0 Å². The summed E-state index contributed by atoms with van der Waals surface area (Å²) in [5, 5.41) is 22.6. The van der Waals surface area contributed by atoms with Crippen molar-refractivity contribution in [1.82, 2.24) is 5.32 Å². The Morgan fingerprint density at radius 3 is 2.69 bits per heavy atom. The largest absolute Gasteiger partial charge is 0.508 e. The van der Waals surface area contributed by atoms with E-state index in [0.29, 0.717) is 11.6 Å². The summed E-state index contributed by atoms with van der Waals surface area (Å²) in [6.45, 7) is 1.54. The highest BCUT2D eigenvalue weighted by atomic mass is 35.5. The van der Waals surface area contributed by atoms with E-state index in [2.05, 4.69) is 5.32 Å². The normalized spacial score (nSPS) is 17.4. The fraction of sp³-hybridized carbons (Fsp3) is 0.500. The van der Waals surface area contributed by atoms with Crippen molar-refractivity contribution in [2.75, 3.05) is 13.2 Å². The number of phenols is 1. The van der Waals surface area contributed by atoms with E-state index in [4.69, 9.17) is 16.7 Å². The molecule has 0 saturated heterocycles. The predicted octanol–water partition coefficient (Wildman–Crippen LogP) is 1.91. The molecule has 0 amide bonds. The van der Waals surface area contributed by atoms with Gasteiger partial charge in [0, 0.05) is 35.7 Å². The molecule has 1 aliphatic carbocycles. The summed E-state index contributed by atoms with van der Waals surface area (Å²) in [5.74, 6) is 0.217. The zero-order valence-electron chi connectivity index (χ0n) is 9.04. The van der Waals surface area contributed by atoms with Gasteiger partial charge in [-0.3, -0.25) is 0 Å². The summed E-state index contributed by atoms with van der Waals surface area (Å²) in [6.07, 6.45) is 2.15. The molecule has 1 aromatic carbocycles. The second-order valence-electron chi connectivity index (χ2n) is 4.50. The third-order valence-corrected chi connectivity index (χ3v) is 3.54. The van der Waals surface area contributed by atoms with Crippen molar-refractivity contribution in [3.63, 3.8) is 0 Å². The number of hydrogen-bond acceptors (Lipinski definition) is 3. The molecule has 16 heavy (non-hydrogen) atoms. The van der Waals surface area contributed by atoms with Gasteiger partial charge in [-0.25, -0.2) is 0 Å². The summed E-state index contributed by atoms with van der Waals surface area (Å²) >= 11 is 5.98. The number of aliphatic hydroxyl groups excluding tert-OH is 1. The highest BCUT2D eigenvalue weighted by Gasteiger charge is 2.41. The van der Waals surface area contributed by atoms with Gasteiger partial charge in [0.2, 0.25) is 0 Å². The van der Waals surface area contributed by atoms with Gasteiger partial charge >= 0.3 is 0 Å². The van der Waals surface area contributed by atoms with E-state index in [1.54, 1.807) is 18.2 Å². The minimum Gasteiger partial charge on any atom is -0.508 e. The van der Waals surface area contributed by atoms with Crippen LogP contribution in [0.5, 0.6) is 5.75 Å². The van der Waals surface area contributed by atoms with Crippen LogP contribution in [0.4, 0.5) is 0 Å². The van der Waals surface area contributed by atoms with Crippen LogP contribution in [0, 0.1) is 5.41 Å². The van der Waals surface area contributed by atoms with Crippen molar-refractivity contribution in [1.29, 1.82) is 0 Å². The number of benzene rings is 1. The highest BCUT2D eigenvalue weighted by molar-refractivity contribution is 6.31. The molecule has 2 rings (SSSR count). The first-order chi connectivity index (χ1) is 7.67. The Labute approximate surface area is 100 Å². The average Bonchev–Trinajstić information content (AvgIpc) is 3.03. The van der Waals surface area contributed by atoms with E-state index in [1.807, 2.05) is 0 Å². The van der Waals surface area contributed by atoms with Gasteiger partial charge in [0.05, 0.1) is 0 Å². The van der Waals surface area contributed by atoms with Crippen molar-refractivity contribution in [3.8, 4) is 5.75 Å². The van der Waals surface area contributed by atoms with Gasteiger partial charge in [0.1, 0.15) is 5.75 Å². The fourth-order valence-electron chi connectivity index (χ4n) is 1.74. The monoisotopic (exact) mass is 241 g/mol. The molecule has 1 saturated carbocycles. The molecule has 0 atom stereocenters. The van der Waals surface area contributed by atoms with Crippen molar-refractivity contribution in [3.05, 3.63) is 28.8 Å². The maximum absolute atomic E-state index is 9.62. The van der Waals surface area contributed by atoms with E-state index in [1.165, 1.54) is 0 Å². The predicted molar refractivity (Wildman–Crippen MR) is 63.6 cm³/mol. The summed E-state index contributed by atoms with van der Waals surface area (Å²) in [6, 6.07) is 5.11. The lowest BCUT2D eigenvalue weighted by Crippen LogP contribution is -2.26. The van der Waals surface area contributed by atoms with Crippen molar-refractivity contribution < 1.29 is 10.2 Å². The molecule has 3 nitrogen and oxygen atoms in total. The number of aliphatic hydroxyl groups is 1. The lowest BCUT2D eigenvalue weighted by molar-refractivity contribution is 0.207. The molecule has 0 aliphatic heterocycles. The van der Waals surface area contributed by atoms with Gasteiger partial charge in [0.25, 0.3) is 0 Å². The van der Waals surface area contributed by atoms with Crippen LogP contribution in [0.25, 0.3) is 0 Å². The van der Waals surface area contributed by atoms with Crippen LogP contribution in [0.1, 0.15) is 18.4 Å². The summed E-state index contributed by atoms with van der Waals surface area (Å²) < 4.78 is 0. The molecule has 1 aliphatic rings. The number of hydrogen-bond donors (Lipinski definition) is 3. The summed E-state index contributed by atoms with van der Waals surface area (Å²) in [5.41, 5.74) is 0.801. The van der Waals surface area contributed by atoms with E-state index in [-0.39, 0.29) is 17.8 Å². The second-order valence-corrected chi connectivity index (χ2v) is 4.91. The van der Waals surface area contributed by atoms with Crippen LogP contribution in [-0.4, -0.2) is 23.4 Å². The Balaban J connectivity index is 1.90. The maximum Gasteiger partial charge on any atom is 0.121 e. The molecule has 0 radical (unpaired) electrons. The smallest absolute Gasteiger partial charge is 0.121 e. The first-order valence-electron chi connectivity index (χ1n) is 5.45. The molecule has 0 bridgehead atoms. The standard InChI is InChI=1S/C12H16ClNO2/c13-10-2-1-3-11(16)9(10)6-14-7-12(8-15)4-5-12/h1-3,14-16H,4-8H2. The average molecular weight is 242 g/mol. The van der Waals surface area contributed by atoms with Crippen LogP contribution >= 0.6 is 11.6 Å². The lowest BCUT2D eigenvalue weighted by Gasteiger charge is -2.13. The van der Waals surface area contributed by atoms with Crippen LogP contribution in [0.15, 0.2) is 18.2 Å². The molecular formula is C12H16ClNO2. The third-order valence-electron chi connectivity index (χ3n) is 3.19. The van der Waals surface area contributed by atoms with Crippen molar-refractivity contribution >= 4 is 11.6 Å². The highest BCUT2D eigenvalue weighted by Crippen LogP contribution is 2.44. The van der Waals surface area contributed by atoms with Gasteiger partial charge in [0.15, 0.2) is 0 Å². The van der Waals surface area contributed by atoms with E-state index < -0.39 is 0 Å². The maximum atomic E-state index is 9.62. The van der Waals surface area contributed by atoms with Crippen molar-refractivity contribution in [2.24, 2.45) is 5.41 Å². The second kappa shape index (κ2) is 4.62. The van der Waals surface area contributed by atoms with Gasteiger partial charge in [-0.1, -0.05) is 17.7 Å². The minimum atomic E-state index is 0.0802. The number of nitrogens with one attached hydrogen (secondary N) is 1. The van der Waals surface area contributed by atoms with Crippen LogP contribution in [-0.2, 0) is 6.54 Å². The van der Waals surface area contributed by atoms with E-state index in [0.717, 1.165) is 24.9 Å². The van der Waals surface area contributed by atoms with Gasteiger partial charge in [-0.2, -0.15) is 0 Å². The van der Waals surface area contributed by atoms with Crippen LogP contribution < -0.4 is 5.32 Å². The van der Waals surface area contributed by atoms with Gasteiger partial charge in [-0.05, 0) is 25.0 Å². The molecule has 0 unspecified atom stereocenters. The van der Waals surface area contributed by atoms with Gasteiger partial charge < -0.3 is 15.5 Å². The number of phenolic OH excluding ortho intramolecular Hbond substituents is 1. The molecule has 0 aromatic heterocycles. The van der Waals surface area contributed by atoms with Crippen LogP contribution in [0.2, 0.25) is 5.02 Å². The van der Waals surface area contributed by atoms with Crippen LogP contribution in [0.3, 0.4) is 0 Å². The zero-order chi connectivity index (χ0) is 11.6. The SMILES string of the molecule is OCC1(CNCc2c(O)cccc2Cl)CC1. The Kier molecular flexibility index (Phi) is 3.38.